The average Bonchev–Trinajstić information content (AvgIpc) is 2.04. The highest BCUT2D eigenvalue weighted by molar-refractivity contribution is 6.30. The zero-order chi connectivity index (χ0) is 9.14. The molecule has 1 rings (SSSR count). The van der Waals surface area contributed by atoms with Gasteiger partial charge in [-0.25, -0.2) is 4.79 Å². The van der Waals surface area contributed by atoms with Gasteiger partial charge in [0, 0.05) is 5.02 Å². The molecule has 4 nitrogen and oxygen atoms in total. The summed E-state index contributed by atoms with van der Waals surface area (Å²) in [6.45, 7) is 0. The fourth-order valence-electron chi connectivity index (χ4n) is 0.710. The molecule has 0 fully saturated rings. The van der Waals surface area contributed by atoms with Gasteiger partial charge in [-0.3, -0.25) is 5.21 Å². The van der Waals surface area contributed by atoms with Crippen LogP contribution in [0.1, 0.15) is 0 Å². The first-order valence-corrected chi connectivity index (χ1v) is 3.53. The van der Waals surface area contributed by atoms with Gasteiger partial charge in [0.05, 0.1) is 5.69 Å². The van der Waals surface area contributed by atoms with Crippen LogP contribution in [-0.2, 0) is 0 Å². The minimum absolute atomic E-state index is 0.284. The molecular formula is C7H7ClN2O2. The summed E-state index contributed by atoms with van der Waals surface area (Å²) in [5, 5.41) is 9.87. The van der Waals surface area contributed by atoms with Gasteiger partial charge in [0.25, 0.3) is 0 Å². The topological polar surface area (TPSA) is 66.6 Å². The van der Waals surface area contributed by atoms with Crippen LogP contribution in [0.5, 0.6) is 0 Å². The Morgan fingerprint density at radius 3 is 2.33 bits per heavy atom. The van der Waals surface area contributed by atoms with E-state index in [-0.39, 0.29) is 5.69 Å². The van der Waals surface area contributed by atoms with Crippen molar-refractivity contribution in [1.82, 2.24) is 0 Å². The summed E-state index contributed by atoms with van der Waals surface area (Å²) < 4.78 is 0. The van der Waals surface area contributed by atoms with Crippen molar-refractivity contribution in [3.05, 3.63) is 29.3 Å². The van der Waals surface area contributed by atoms with E-state index >= 15 is 0 Å². The lowest BCUT2D eigenvalue weighted by molar-refractivity contribution is 0.212. The van der Waals surface area contributed by atoms with Gasteiger partial charge in [-0.15, -0.1) is 0 Å². The van der Waals surface area contributed by atoms with Crippen LogP contribution in [0.4, 0.5) is 10.5 Å². The van der Waals surface area contributed by atoms with Gasteiger partial charge < -0.3 is 5.73 Å². The van der Waals surface area contributed by atoms with Crippen molar-refractivity contribution in [1.29, 1.82) is 0 Å². The Hall–Kier alpha value is -1.26. The highest BCUT2D eigenvalue weighted by atomic mass is 35.5. The highest BCUT2D eigenvalue weighted by Gasteiger charge is 2.07. The average molecular weight is 187 g/mol. The zero-order valence-electron chi connectivity index (χ0n) is 6.07. The largest absolute Gasteiger partial charge is 0.349 e. The maximum absolute atomic E-state index is 10.4. The van der Waals surface area contributed by atoms with E-state index in [0.29, 0.717) is 10.1 Å². The summed E-state index contributed by atoms with van der Waals surface area (Å²) in [4.78, 5) is 10.4. The molecule has 0 radical (unpaired) electrons. The number of nitrogens with two attached hydrogens (primary N) is 1. The Bertz CT molecular complexity index is 286. The minimum Gasteiger partial charge on any atom is -0.349 e. The van der Waals surface area contributed by atoms with Gasteiger partial charge in [-0.05, 0) is 24.3 Å². The van der Waals surface area contributed by atoms with Gasteiger partial charge in [-0.1, -0.05) is 11.6 Å². The van der Waals surface area contributed by atoms with Crippen LogP contribution in [0, 0.1) is 0 Å². The van der Waals surface area contributed by atoms with Gasteiger partial charge in [0.2, 0.25) is 0 Å². The first-order valence-electron chi connectivity index (χ1n) is 3.15. The minimum atomic E-state index is -0.933. The van der Waals surface area contributed by atoms with Gasteiger partial charge in [-0.2, -0.15) is 5.06 Å². The number of carbonyl (C=O) groups excluding carboxylic acids is 1. The molecule has 64 valence electrons. The van der Waals surface area contributed by atoms with Crippen molar-refractivity contribution in [3.63, 3.8) is 0 Å². The number of carbonyl (C=O) groups is 1. The molecule has 0 spiro atoms. The molecule has 3 N–H and O–H groups in total. The number of hydrogen-bond acceptors (Lipinski definition) is 2. The smallest absolute Gasteiger partial charge is 0.343 e. The van der Waals surface area contributed by atoms with E-state index in [0.717, 1.165) is 0 Å². The molecule has 0 saturated heterocycles. The van der Waals surface area contributed by atoms with Crippen LogP contribution < -0.4 is 10.8 Å². The Morgan fingerprint density at radius 2 is 1.92 bits per heavy atom. The number of rotatable bonds is 1. The van der Waals surface area contributed by atoms with Crippen molar-refractivity contribution < 1.29 is 10.0 Å². The van der Waals surface area contributed by atoms with Gasteiger partial charge in [0.15, 0.2) is 0 Å². The van der Waals surface area contributed by atoms with Crippen LogP contribution in [0.3, 0.4) is 0 Å². The first-order chi connectivity index (χ1) is 5.61. The monoisotopic (exact) mass is 186 g/mol. The number of primary amides is 1. The van der Waals surface area contributed by atoms with Crippen LogP contribution in [0.2, 0.25) is 5.02 Å². The Labute approximate surface area is 74.1 Å². The number of hydrogen-bond donors (Lipinski definition) is 2. The van der Waals surface area contributed by atoms with Crippen LogP contribution in [0.15, 0.2) is 24.3 Å². The number of benzene rings is 1. The molecule has 0 aromatic heterocycles. The fraction of sp³-hybridized carbons (Fsp3) is 0. The normalized spacial score (nSPS) is 9.50. The molecular weight excluding hydrogens is 180 g/mol. The molecule has 0 aliphatic heterocycles. The molecule has 0 aliphatic carbocycles. The number of hydroxylamine groups is 1. The predicted octanol–water partition coefficient (Wildman–Crippen LogP) is 1.61. The Balaban J connectivity index is 2.89. The second-order valence-electron chi connectivity index (χ2n) is 2.13. The van der Waals surface area contributed by atoms with Crippen molar-refractivity contribution >= 4 is 23.3 Å². The number of nitrogens with zero attached hydrogens (tertiary/aromatic N) is 1. The number of amides is 2. The second-order valence-corrected chi connectivity index (χ2v) is 2.56. The maximum atomic E-state index is 10.4. The van der Waals surface area contributed by atoms with E-state index < -0.39 is 6.03 Å². The van der Waals surface area contributed by atoms with Crippen molar-refractivity contribution in [2.45, 2.75) is 0 Å². The molecule has 12 heavy (non-hydrogen) atoms. The summed E-state index contributed by atoms with van der Waals surface area (Å²) in [6, 6.07) is 5.11. The summed E-state index contributed by atoms with van der Waals surface area (Å²) in [7, 11) is 0. The van der Waals surface area contributed by atoms with Crippen molar-refractivity contribution in [3.8, 4) is 0 Å². The summed E-state index contributed by atoms with van der Waals surface area (Å²) in [5.41, 5.74) is 5.09. The van der Waals surface area contributed by atoms with E-state index in [4.69, 9.17) is 22.5 Å². The molecule has 2 amide bonds. The van der Waals surface area contributed by atoms with Crippen LogP contribution >= 0.6 is 11.6 Å². The third-order valence-corrected chi connectivity index (χ3v) is 1.53. The van der Waals surface area contributed by atoms with E-state index in [1.165, 1.54) is 12.1 Å². The first kappa shape index (κ1) is 8.83. The van der Waals surface area contributed by atoms with E-state index in [9.17, 15) is 4.79 Å². The molecule has 1 aromatic rings. The highest BCUT2D eigenvalue weighted by Crippen LogP contribution is 2.15. The number of urea groups is 1. The molecule has 1 aromatic carbocycles. The fourth-order valence-corrected chi connectivity index (χ4v) is 0.836. The maximum Gasteiger partial charge on any atom is 0.343 e. The quantitative estimate of drug-likeness (QED) is 0.517. The summed E-state index contributed by atoms with van der Waals surface area (Å²) in [5.74, 6) is 0. The molecule has 5 heteroatoms. The van der Waals surface area contributed by atoms with Crippen LogP contribution in [0.25, 0.3) is 0 Å². The van der Waals surface area contributed by atoms with Crippen molar-refractivity contribution in [2.24, 2.45) is 5.73 Å². The van der Waals surface area contributed by atoms with Crippen LogP contribution in [-0.4, -0.2) is 11.2 Å². The summed E-state index contributed by atoms with van der Waals surface area (Å²) in [6.07, 6.45) is 0. The van der Waals surface area contributed by atoms with Crippen molar-refractivity contribution in [2.75, 3.05) is 5.06 Å². The third-order valence-electron chi connectivity index (χ3n) is 1.28. The lowest BCUT2D eigenvalue weighted by Gasteiger charge is -2.10. The molecule has 0 unspecified atom stereocenters. The number of halogens is 1. The number of anilines is 1. The van der Waals surface area contributed by atoms with E-state index in [1.807, 2.05) is 0 Å². The van der Waals surface area contributed by atoms with E-state index in [1.54, 1.807) is 12.1 Å². The third kappa shape index (κ3) is 1.87. The lowest BCUT2D eigenvalue weighted by atomic mass is 10.3. The molecule has 0 aliphatic rings. The predicted molar refractivity (Wildman–Crippen MR) is 45.3 cm³/mol. The van der Waals surface area contributed by atoms with Gasteiger partial charge >= 0.3 is 6.03 Å². The zero-order valence-corrected chi connectivity index (χ0v) is 6.82. The second kappa shape index (κ2) is 3.42. The Kier molecular flexibility index (Phi) is 2.52. The SMILES string of the molecule is NC(=O)N(O)c1ccc(Cl)cc1. The standard InChI is InChI=1S/C7H7ClN2O2/c8-5-1-3-6(4-2-5)10(12)7(9)11/h1-4,12H,(H2,9,11). The van der Waals surface area contributed by atoms with Gasteiger partial charge in [0.1, 0.15) is 0 Å². The Morgan fingerprint density at radius 1 is 1.42 bits per heavy atom. The summed E-state index contributed by atoms with van der Waals surface area (Å²) >= 11 is 5.58. The molecule has 0 atom stereocenters. The molecule has 0 saturated carbocycles. The lowest BCUT2D eigenvalue weighted by Crippen LogP contribution is -2.32. The molecule has 0 heterocycles. The van der Waals surface area contributed by atoms with E-state index in [2.05, 4.69) is 0 Å². The molecule has 0 bridgehead atoms.